The third kappa shape index (κ3) is 3.83. The number of aromatic amines is 1. The van der Waals surface area contributed by atoms with E-state index >= 15 is 0 Å². The molecular weight excluding hydrogens is 397 g/mol. The lowest BCUT2D eigenvalue weighted by Crippen LogP contribution is -2.33. The summed E-state index contributed by atoms with van der Waals surface area (Å²) in [6, 6.07) is 10.5. The van der Waals surface area contributed by atoms with E-state index in [-0.39, 0.29) is 17.2 Å². The lowest BCUT2D eigenvalue weighted by molar-refractivity contribution is -0.137. The fraction of sp³-hybridized carbons (Fsp3) is 0.238. The van der Waals surface area contributed by atoms with Gasteiger partial charge in [0.1, 0.15) is 11.8 Å². The highest BCUT2D eigenvalue weighted by Crippen LogP contribution is 2.39. The minimum absolute atomic E-state index is 0.0118. The van der Waals surface area contributed by atoms with Crippen molar-refractivity contribution in [2.24, 2.45) is 0 Å². The molecule has 6 nitrogen and oxygen atoms in total. The fourth-order valence-corrected chi connectivity index (χ4v) is 3.57. The van der Waals surface area contributed by atoms with Crippen LogP contribution in [0.3, 0.4) is 0 Å². The second kappa shape index (κ2) is 7.74. The van der Waals surface area contributed by atoms with E-state index in [2.05, 4.69) is 15.5 Å². The van der Waals surface area contributed by atoms with Crippen molar-refractivity contribution in [1.82, 2.24) is 10.2 Å². The number of nitrogens with one attached hydrogen (secondary N) is 2. The molecule has 30 heavy (non-hydrogen) atoms. The minimum atomic E-state index is -4.57. The van der Waals surface area contributed by atoms with Gasteiger partial charge < -0.3 is 15.0 Å². The molecule has 1 saturated heterocycles. The van der Waals surface area contributed by atoms with Gasteiger partial charge in [-0.1, -0.05) is 12.1 Å². The molecule has 2 aromatic carbocycles. The number of hydrogen-bond donors (Lipinski definition) is 2. The Hall–Kier alpha value is -3.49. The largest absolute Gasteiger partial charge is 0.497 e. The Kier molecular flexibility index (Phi) is 5.11. The molecule has 1 amide bonds. The van der Waals surface area contributed by atoms with Gasteiger partial charge in [0.25, 0.3) is 0 Å². The van der Waals surface area contributed by atoms with Gasteiger partial charge in [-0.3, -0.25) is 9.89 Å². The van der Waals surface area contributed by atoms with Gasteiger partial charge in [-0.25, -0.2) is 0 Å². The SMILES string of the molecule is COc1cccc(NC2CCN(c3ccc(-c4cn[nH]c4)c(C(F)(F)F)c3)C2=O)c1. The number of hydrogen-bond acceptors (Lipinski definition) is 4. The van der Waals surface area contributed by atoms with E-state index in [4.69, 9.17) is 4.74 Å². The molecular formula is C21H19F3N4O2. The van der Waals surface area contributed by atoms with Gasteiger partial charge in [0, 0.05) is 35.7 Å². The van der Waals surface area contributed by atoms with Crippen LogP contribution >= 0.6 is 0 Å². The number of rotatable bonds is 5. The van der Waals surface area contributed by atoms with Crippen molar-refractivity contribution in [3.05, 3.63) is 60.4 Å². The quantitative estimate of drug-likeness (QED) is 0.650. The molecule has 1 aliphatic rings. The zero-order valence-electron chi connectivity index (χ0n) is 16.0. The van der Waals surface area contributed by atoms with Crippen molar-refractivity contribution in [1.29, 1.82) is 0 Å². The first-order chi connectivity index (χ1) is 14.4. The number of alkyl halides is 3. The standard InChI is InChI=1S/C21H19F3N4O2/c1-30-16-4-2-3-14(9-16)27-19-7-8-28(20(19)29)15-5-6-17(13-11-25-26-12-13)18(10-15)21(22,23)24/h2-6,9-12,19,27H,7-8H2,1H3,(H,25,26). The van der Waals surface area contributed by atoms with Crippen LogP contribution in [0.2, 0.25) is 0 Å². The van der Waals surface area contributed by atoms with Crippen molar-refractivity contribution in [3.8, 4) is 16.9 Å². The Morgan fingerprint density at radius 2 is 2.07 bits per heavy atom. The van der Waals surface area contributed by atoms with E-state index in [1.807, 2.05) is 0 Å². The summed E-state index contributed by atoms with van der Waals surface area (Å²) in [5.41, 5.74) is 0.464. The predicted molar refractivity (Wildman–Crippen MR) is 106 cm³/mol. The Bertz CT molecular complexity index is 1050. The van der Waals surface area contributed by atoms with Crippen molar-refractivity contribution in [2.75, 3.05) is 23.9 Å². The Balaban J connectivity index is 1.59. The van der Waals surface area contributed by atoms with Crippen LogP contribution in [0.25, 0.3) is 11.1 Å². The summed E-state index contributed by atoms with van der Waals surface area (Å²) in [6.07, 6.45) is -1.36. The zero-order valence-corrected chi connectivity index (χ0v) is 16.0. The van der Waals surface area contributed by atoms with Crippen LogP contribution in [0.1, 0.15) is 12.0 Å². The molecule has 2 heterocycles. The van der Waals surface area contributed by atoms with Gasteiger partial charge in [-0.15, -0.1) is 0 Å². The summed E-state index contributed by atoms with van der Waals surface area (Å²) < 4.78 is 46.2. The van der Waals surface area contributed by atoms with E-state index in [1.165, 1.54) is 29.4 Å². The smallest absolute Gasteiger partial charge is 0.417 e. The number of carbonyl (C=O) groups is 1. The van der Waals surface area contributed by atoms with E-state index < -0.39 is 17.8 Å². The first kappa shape index (κ1) is 19.8. The highest BCUT2D eigenvalue weighted by Gasteiger charge is 2.37. The molecule has 0 aliphatic carbocycles. The van der Waals surface area contributed by atoms with Gasteiger partial charge >= 0.3 is 6.18 Å². The fourth-order valence-electron chi connectivity index (χ4n) is 3.57. The van der Waals surface area contributed by atoms with Crippen LogP contribution < -0.4 is 15.0 Å². The van der Waals surface area contributed by atoms with Crippen LogP contribution in [0.4, 0.5) is 24.5 Å². The number of halogens is 3. The molecule has 4 rings (SSSR count). The van der Waals surface area contributed by atoms with Crippen LogP contribution in [-0.4, -0.2) is 35.8 Å². The monoisotopic (exact) mass is 416 g/mol. The van der Waals surface area contributed by atoms with Gasteiger partial charge in [0.2, 0.25) is 5.91 Å². The van der Waals surface area contributed by atoms with E-state index in [0.717, 1.165) is 6.07 Å². The van der Waals surface area contributed by atoms with E-state index in [9.17, 15) is 18.0 Å². The van der Waals surface area contributed by atoms with Crippen molar-refractivity contribution < 1.29 is 22.7 Å². The highest BCUT2D eigenvalue weighted by atomic mass is 19.4. The van der Waals surface area contributed by atoms with Gasteiger partial charge in [0.05, 0.1) is 18.9 Å². The lowest BCUT2D eigenvalue weighted by Gasteiger charge is -2.21. The molecule has 1 aliphatic heterocycles. The second-order valence-electron chi connectivity index (χ2n) is 6.92. The van der Waals surface area contributed by atoms with Crippen molar-refractivity contribution in [2.45, 2.75) is 18.6 Å². The number of H-pyrrole nitrogens is 1. The third-order valence-corrected chi connectivity index (χ3v) is 5.05. The zero-order chi connectivity index (χ0) is 21.3. The third-order valence-electron chi connectivity index (χ3n) is 5.05. The van der Waals surface area contributed by atoms with Gasteiger partial charge in [-0.05, 0) is 36.2 Å². The maximum absolute atomic E-state index is 13.7. The summed E-state index contributed by atoms with van der Waals surface area (Å²) in [5.74, 6) is 0.369. The number of benzene rings is 2. The molecule has 2 N–H and O–H groups in total. The first-order valence-corrected chi connectivity index (χ1v) is 9.29. The Labute approximate surface area is 170 Å². The van der Waals surface area contributed by atoms with E-state index in [0.29, 0.717) is 30.0 Å². The minimum Gasteiger partial charge on any atom is -0.497 e. The van der Waals surface area contributed by atoms with Gasteiger partial charge in [0.15, 0.2) is 0 Å². The predicted octanol–water partition coefficient (Wildman–Crippen LogP) is 4.32. The summed E-state index contributed by atoms with van der Waals surface area (Å²) in [7, 11) is 1.55. The van der Waals surface area contributed by atoms with Crippen LogP contribution in [-0.2, 0) is 11.0 Å². The van der Waals surface area contributed by atoms with Crippen LogP contribution in [0.5, 0.6) is 5.75 Å². The van der Waals surface area contributed by atoms with Crippen molar-refractivity contribution in [3.63, 3.8) is 0 Å². The second-order valence-corrected chi connectivity index (χ2v) is 6.92. The first-order valence-electron chi connectivity index (χ1n) is 9.29. The number of anilines is 2. The molecule has 9 heteroatoms. The molecule has 1 unspecified atom stereocenters. The summed E-state index contributed by atoms with van der Waals surface area (Å²) >= 11 is 0. The number of aromatic nitrogens is 2. The molecule has 0 spiro atoms. The van der Waals surface area contributed by atoms with Crippen molar-refractivity contribution >= 4 is 17.3 Å². The number of nitrogens with zero attached hydrogens (tertiary/aromatic N) is 2. The average molecular weight is 416 g/mol. The normalized spacial score (nSPS) is 16.7. The highest BCUT2D eigenvalue weighted by molar-refractivity contribution is 6.01. The topological polar surface area (TPSA) is 70.2 Å². The van der Waals surface area contributed by atoms with Crippen LogP contribution in [0, 0.1) is 0 Å². The Morgan fingerprint density at radius 1 is 1.23 bits per heavy atom. The number of methoxy groups -OCH3 is 1. The summed E-state index contributed by atoms with van der Waals surface area (Å²) in [6.45, 7) is 0.322. The maximum Gasteiger partial charge on any atom is 0.417 e. The van der Waals surface area contributed by atoms with E-state index in [1.54, 1.807) is 31.4 Å². The Morgan fingerprint density at radius 3 is 2.77 bits per heavy atom. The number of amides is 1. The van der Waals surface area contributed by atoms with Crippen LogP contribution in [0.15, 0.2) is 54.9 Å². The molecule has 3 aromatic rings. The molecule has 0 bridgehead atoms. The number of ether oxygens (including phenoxy) is 1. The molecule has 0 saturated carbocycles. The number of carbonyl (C=O) groups excluding carboxylic acids is 1. The molecule has 1 atom stereocenters. The molecule has 1 fully saturated rings. The maximum atomic E-state index is 13.7. The van der Waals surface area contributed by atoms with Gasteiger partial charge in [-0.2, -0.15) is 18.3 Å². The molecule has 1 aromatic heterocycles. The molecule has 0 radical (unpaired) electrons. The lowest BCUT2D eigenvalue weighted by atomic mass is 10.0. The summed E-state index contributed by atoms with van der Waals surface area (Å²) in [4.78, 5) is 14.3. The summed E-state index contributed by atoms with van der Waals surface area (Å²) in [5, 5.41) is 9.38. The molecule has 156 valence electrons. The average Bonchev–Trinajstić information content (AvgIpc) is 3.38.